The number of amides is 5. The number of rotatable bonds is 28. The van der Waals surface area contributed by atoms with Crippen molar-refractivity contribution in [2.75, 3.05) is 122 Å². The molecule has 5 amide bonds. The first-order valence-electron chi connectivity index (χ1n) is 28.7. The van der Waals surface area contributed by atoms with Crippen LogP contribution in [0.25, 0.3) is 0 Å². The molecule has 0 saturated heterocycles. The maximum Gasteiger partial charge on any atom is 0.280 e. The number of nitrogens with two attached hydrogens (primary N) is 11. The Balaban J connectivity index is -0.00000105. The summed E-state index contributed by atoms with van der Waals surface area (Å²) in [6.45, 7) is 13.1. The van der Waals surface area contributed by atoms with E-state index in [1.54, 1.807) is 14.2 Å². The lowest BCUT2D eigenvalue weighted by Crippen LogP contribution is -2.38. The summed E-state index contributed by atoms with van der Waals surface area (Å²) in [5, 5.41) is 11.9. The summed E-state index contributed by atoms with van der Waals surface area (Å²) >= 11 is 17.1. The van der Waals surface area contributed by atoms with Gasteiger partial charge < -0.3 is 82.9 Å². The first kappa shape index (κ1) is 84.7. The second kappa shape index (κ2) is 51.5. The molecule has 0 unspecified atom stereocenters. The van der Waals surface area contributed by atoms with E-state index in [9.17, 15) is 24.0 Å². The van der Waals surface area contributed by atoms with Crippen LogP contribution in [-0.2, 0) is 14.3 Å². The number of hydrogen-bond acceptors (Lipinski definition) is 23. The van der Waals surface area contributed by atoms with Gasteiger partial charge in [-0.1, -0.05) is 133 Å². The molecule has 27 N–H and O–H groups in total. The molecule has 0 atom stereocenters. The smallest absolute Gasteiger partial charge is 0.280 e. The summed E-state index contributed by atoms with van der Waals surface area (Å²) in [5.74, 6) is -2.34. The van der Waals surface area contributed by atoms with Gasteiger partial charge in [-0.25, -0.2) is 29.9 Å². The molecule has 500 valence electrons. The molecular weight excluding hydrogens is 1200 g/mol. The minimum absolute atomic E-state index is 0.00231. The second-order valence-corrected chi connectivity index (χ2v) is 20.9. The van der Waals surface area contributed by atoms with Crippen molar-refractivity contribution in [1.29, 1.82) is 0 Å². The average molecular weight is 1310 g/mol. The number of carbonyl (C=O) groups excluding carboxylic acids is 5. The van der Waals surface area contributed by atoms with Crippen LogP contribution >= 0.6 is 34.8 Å². The third kappa shape index (κ3) is 44.9. The van der Waals surface area contributed by atoms with Gasteiger partial charge in [-0.2, -0.15) is 0 Å². The SMILES string of the molecule is CC(=O)NCCN.CCCCCCCN=C(N)NC(=O)c1nc(Cl)c(N)nc1N.CCCCCCCN=C(N)NC(=O)c1nc(Cl)c(N)nc1N.CCCCCCCN=C(N)NC(=O)c1nc(Cl)c(N)nc1N.CNC(=O)CCN.COCC[N+](C)(C)C. The number of halogens is 3. The normalized spacial score (nSPS) is 11.0. The Labute approximate surface area is 533 Å². The van der Waals surface area contributed by atoms with E-state index in [0.717, 1.165) is 56.2 Å². The molecule has 0 bridgehead atoms. The first-order chi connectivity index (χ1) is 41.5. The molecule has 0 spiro atoms. The zero-order valence-electron chi connectivity index (χ0n) is 52.9. The van der Waals surface area contributed by atoms with Gasteiger partial charge in [-0.3, -0.25) is 54.9 Å². The summed E-state index contributed by atoms with van der Waals surface area (Å²) < 4.78 is 5.88. The number of quaternary nitrogens is 1. The molecular formula is C53H102Cl3N26O6+. The van der Waals surface area contributed by atoms with E-state index in [1.165, 1.54) is 64.7 Å². The molecule has 0 saturated carbocycles. The third-order valence-electron chi connectivity index (χ3n) is 10.9. The quantitative estimate of drug-likeness (QED) is 0.0215. The standard InChI is InChI=1S/3C13H22ClN7O.C6H16NO.2C4H10N2O/c3*1-2-3-4-5-6-7-18-13(17)21-12(22)8-10(15)20-11(16)9(14)19-8;1-7(2,3)5-6-8-4;1-6-4(7)2-3-5;1-4(7)6-3-2-5/h3*2-7H2,1H3,(H4,15,16,20)(H3,17,18,21,22);5-6H2,1-4H3;2*2-3,5H2,1H3,(H,6,7)/q;;;+1;;. The van der Waals surface area contributed by atoms with Gasteiger partial charge in [0.15, 0.2) is 85.3 Å². The van der Waals surface area contributed by atoms with Crippen molar-refractivity contribution in [3.05, 3.63) is 32.5 Å². The van der Waals surface area contributed by atoms with Crippen LogP contribution in [0.4, 0.5) is 34.9 Å². The van der Waals surface area contributed by atoms with E-state index in [2.05, 4.69) is 113 Å². The zero-order valence-corrected chi connectivity index (χ0v) is 55.1. The molecule has 0 radical (unpaired) electrons. The van der Waals surface area contributed by atoms with Crippen molar-refractivity contribution in [2.24, 2.45) is 43.6 Å². The maximum absolute atomic E-state index is 12.0. The number of nitrogens with zero attached hydrogens (tertiary/aromatic N) is 10. The van der Waals surface area contributed by atoms with Crippen molar-refractivity contribution in [1.82, 2.24) is 56.5 Å². The van der Waals surface area contributed by atoms with Gasteiger partial charge in [-0.15, -0.1) is 0 Å². The fraction of sp³-hybridized carbons (Fsp3) is 0.623. The Morgan fingerprint density at radius 2 is 0.807 bits per heavy atom. The van der Waals surface area contributed by atoms with Crippen LogP contribution in [0.1, 0.15) is 162 Å². The van der Waals surface area contributed by atoms with Crippen LogP contribution in [-0.4, -0.2) is 170 Å². The predicted octanol–water partition coefficient (Wildman–Crippen LogP) is 2.43. The van der Waals surface area contributed by atoms with Gasteiger partial charge >= 0.3 is 0 Å². The summed E-state index contributed by atoms with van der Waals surface area (Å²) in [6, 6.07) is 0. The van der Waals surface area contributed by atoms with E-state index >= 15 is 0 Å². The zero-order chi connectivity index (χ0) is 67.6. The summed E-state index contributed by atoms with van der Waals surface area (Å²) in [6.07, 6.45) is 17.2. The number of likely N-dealkylation sites (N-methyl/N-ethyl adjacent to an activating group) is 1. The molecule has 0 aliphatic rings. The Morgan fingerprint density at radius 1 is 0.500 bits per heavy atom. The van der Waals surface area contributed by atoms with Crippen LogP contribution in [0, 0.1) is 0 Å². The number of hydrogen-bond donors (Lipinski definition) is 16. The van der Waals surface area contributed by atoms with E-state index in [0.29, 0.717) is 45.7 Å². The Hall–Kier alpha value is -7.49. The number of carbonyl (C=O) groups is 5. The fourth-order valence-electron chi connectivity index (χ4n) is 6.09. The number of nitrogens with one attached hydrogen (secondary N) is 5. The van der Waals surface area contributed by atoms with Gasteiger partial charge in [-0.05, 0) is 19.3 Å². The van der Waals surface area contributed by atoms with Crippen LogP contribution in [0.5, 0.6) is 0 Å². The topological polar surface area (TPSA) is 555 Å². The lowest BCUT2D eigenvalue weighted by Gasteiger charge is -2.22. The van der Waals surface area contributed by atoms with Gasteiger partial charge in [0.1, 0.15) is 6.54 Å². The molecule has 35 heteroatoms. The molecule has 0 aliphatic heterocycles. The lowest BCUT2D eigenvalue weighted by molar-refractivity contribution is -0.870. The third-order valence-corrected chi connectivity index (χ3v) is 11.7. The van der Waals surface area contributed by atoms with Crippen LogP contribution < -0.4 is 89.7 Å². The fourth-order valence-corrected chi connectivity index (χ4v) is 6.47. The highest BCUT2D eigenvalue weighted by atomic mass is 35.5. The summed E-state index contributed by atoms with van der Waals surface area (Å²) in [4.78, 5) is 90.9. The van der Waals surface area contributed by atoms with E-state index in [1.807, 2.05) is 0 Å². The molecule has 88 heavy (non-hydrogen) atoms. The van der Waals surface area contributed by atoms with Crippen molar-refractivity contribution in [2.45, 2.75) is 130 Å². The summed E-state index contributed by atoms with van der Waals surface area (Å²) in [5.41, 5.74) is 59.7. The number of methoxy groups -OCH3 is 1. The number of guanidine groups is 3. The largest absolute Gasteiger partial charge is 0.382 e. The lowest BCUT2D eigenvalue weighted by atomic mass is 10.2. The average Bonchev–Trinajstić information content (AvgIpc) is 3.61. The summed E-state index contributed by atoms with van der Waals surface area (Å²) in [7, 11) is 9.78. The highest BCUT2D eigenvalue weighted by Gasteiger charge is 2.19. The second-order valence-electron chi connectivity index (χ2n) is 19.8. The molecule has 3 aromatic heterocycles. The Bertz CT molecular complexity index is 2360. The molecule has 32 nitrogen and oxygen atoms in total. The molecule has 0 aromatic carbocycles. The van der Waals surface area contributed by atoms with Crippen molar-refractivity contribution < 1.29 is 33.2 Å². The molecule has 3 rings (SSSR count). The van der Waals surface area contributed by atoms with Gasteiger partial charge in [0, 0.05) is 66.8 Å². The van der Waals surface area contributed by atoms with Gasteiger partial charge in [0.05, 0.1) is 27.7 Å². The minimum atomic E-state index is -0.626. The van der Waals surface area contributed by atoms with Crippen LogP contribution in [0.3, 0.4) is 0 Å². The number of ether oxygens (including phenoxy) is 1. The highest BCUT2D eigenvalue weighted by Crippen LogP contribution is 2.19. The van der Waals surface area contributed by atoms with Gasteiger partial charge in [0.2, 0.25) is 11.8 Å². The van der Waals surface area contributed by atoms with E-state index in [4.69, 9.17) is 103 Å². The Morgan fingerprint density at radius 3 is 1.01 bits per heavy atom. The van der Waals surface area contributed by atoms with E-state index in [-0.39, 0.29) is 97.1 Å². The number of nitrogen functional groups attached to an aromatic ring is 6. The maximum atomic E-state index is 12.0. The van der Waals surface area contributed by atoms with E-state index < -0.39 is 17.7 Å². The number of anilines is 6. The van der Waals surface area contributed by atoms with Crippen molar-refractivity contribution in [3.63, 3.8) is 0 Å². The predicted molar refractivity (Wildman–Crippen MR) is 356 cm³/mol. The van der Waals surface area contributed by atoms with Crippen LogP contribution in [0.2, 0.25) is 15.5 Å². The van der Waals surface area contributed by atoms with Crippen molar-refractivity contribution >= 4 is 117 Å². The number of unbranched alkanes of at least 4 members (excludes halogenated alkanes) is 12. The number of aliphatic imine (C=N–C) groups is 3. The first-order valence-corrected chi connectivity index (χ1v) is 29.9. The van der Waals surface area contributed by atoms with Crippen LogP contribution in [0.15, 0.2) is 15.0 Å². The molecule has 3 heterocycles. The van der Waals surface area contributed by atoms with Crippen molar-refractivity contribution in [3.8, 4) is 0 Å². The molecule has 0 fully saturated rings. The highest BCUT2D eigenvalue weighted by molar-refractivity contribution is 6.32. The molecule has 3 aromatic rings. The van der Waals surface area contributed by atoms with Gasteiger partial charge in [0.25, 0.3) is 17.7 Å². The molecule has 0 aliphatic carbocycles. The number of aromatic nitrogens is 6. The Kier molecular flexibility index (Phi) is 49.6. The monoisotopic (exact) mass is 1300 g/mol. The minimum Gasteiger partial charge on any atom is -0.382 e.